The highest BCUT2D eigenvalue weighted by atomic mass is 16.5. The van der Waals surface area contributed by atoms with E-state index in [1.165, 1.54) is 0 Å². The second kappa shape index (κ2) is 5.81. The summed E-state index contributed by atoms with van der Waals surface area (Å²) < 4.78 is 10.4. The number of hydrogen-bond acceptors (Lipinski definition) is 6. The van der Waals surface area contributed by atoms with Crippen LogP contribution < -0.4 is 15.2 Å². The fourth-order valence-electron chi connectivity index (χ4n) is 1.53. The van der Waals surface area contributed by atoms with E-state index >= 15 is 0 Å². The summed E-state index contributed by atoms with van der Waals surface area (Å²) in [7, 11) is 3.09. The minimum Gasteiger partial charge on any atom is -0.495 e. The Morgan fingerprint density at radius 2 is 1.58 bits per heavy atom. The molecule has 19 heavy (non-hydrogen) atoms. The van der Waals surface area contributed by atoms with E-state index in [0.717, 1.165) is 0 Å². The molecule has 1 aromatic carbocycles. The molecule has 6 nitrogen and oxygen atoms in total. The molecule has 0 aliphatic rings. The van der Waals surface area contributed by atoms with Gasteiger partial charge in [-0.05, 0) is 24.3 Å². The van der Waals surface area contributed by atoms with E-state index < -0.39 is 0 Å². The zero-order valence-corrected chi connectivity index (χ0v) is 10.7. The lowest BCUT2D eigenvalue weighted by atomic mass is 10.2. The zero-order valence-electron chi connectivity index (χ0n) is 10.7. The number of nitrogen functional groups attached to an aromatic ring is 1. The number of benzene rings is 1. The quantitative estimate of drug-likeness (QED) is 0.674. The number of ether oxygens (including phenoxy) is 2. The maximum absolute atomic E-state index is 5.96. The van der Waals surface area contributed by atoms with Crippen LogP contribution in [-0.4, -0.2) is 19.2 Å². The fraction of sp³-hybridized carbons (Fsp3) is 0.154. The Bertz CT molecular complexity index is 585. The SMILES string of the molecule is COc1ccc(OC)c(N=Nc2ccncc2)c1N. The van der Waals surface area contributed by atoms with Crippen LogP contribution >= 0.6 is 0 Å². The Balaban J connectivity index is 2.41. The molecule has 6 heteroatoms. The van der Waals surface area contributed by atoms with Crippen molar-refractivity contribution in [3.8, 4) is 11.5 Å². The number of hydrogen-bond donors (Lipinski definition) is 1. The molecule has 2 aromatic rings. The molecule has 0 unspecified atom stereocenters. The predicted molar refractivity (Wildman–Crippen MR) is 72.4 cm³/mol. The molecule has 0 aliphatic heterocycles. The molecule has 0 radical (unpaired) electrons. The number of pyridine rings is 1. The van der Waals surface area contributed by atoms with Crippen LogP contribution in [0.25, 0.3) is 0 Å². The second-order valence-corrected chi connectivity index (χ2v) is 3.64. The maximum atomic E-state index is 5.96. The number of nitrogens with two attached hydrogens (primary N) is 1. The van der Waals surface area contributed by atoms with Crippen molar-refractivity contribution in [1.29, 1.82) is 0 Å². The van der Waals surface area contributed by atoms with Crippen molar-refractivity contribution in [2.24, 2.45) is 10.2 Å². The molecule has 1 heterocycles. The predicted octanol–water partition coefficient (Wildman–Crippen LogP) is 3.10. The molecule has 0 spiro atoms. The van der Waals surface area contributed by atoms with E-state index in [2.05, 4.69) is 15.2 Å². The van der Waals surface area contributed by atoms with Crippen molar-refractivity contribution < 1.29 is 9.47 Å². The molecule has 0 fully saturated rings. The number of rotatable bonds is 4. The Morgan fingerprint density at radius 3 is 2.21 bits per heavy atom. The van der Waals surface area contributed by atoms with E-state index in [0.29, 0.717) is 28.6 Å². The summed E-state index contributed by atoms with van der Waals surface area (Å²) in [4.78, 5) is 3.91. The summed E-state index contributed by atoms with van der Waals surface area (Å²) in [6.07, 6.45) is 3.28. The van der Waals surface area contributed by atoms with E-state index in [-0.39, 0.29) is 0 Å². The Morgan fingerprint density at radius 1 is 0.947 bits per heavy atom. The van der Waals surface area contributed by atoms with Gasteiger partial charge in [-0.1, -0.05) is 0 Å². The third-order valence-corrected chi connectivity index (χ3v) is 2.51. The Labute approximate surface area is 110 Å². The summed E-state index contributed by atoms with van der Waals surface area (Å²) in [6.45, 7) is 0. The van der Waals surface area contributed by atoms with Crippen LogP contribution in [0.3, 0.4) is 0 Å². The number of azo groups is 1. The summed E-state index contributed by atoms with van der Waals surface area (Å²) in [6, 6.07) is 6.94. The van der Waals surface area contributed by atoms with Gasteiger partial charge in [-0.25, -0.2) is 0 Å². The standard InChI is InChI=1S/C13H14N4O2/c1-18-10-3-4-11(19-2)13(12(10)14)17-16-9-5-7-15-8-6-9/h3-8H,14H2,1-2H3. The molecule has 0 saturated carbocycles. The van der Waals surface area contributed by atoms with Crippen molar-refractivity contribution in [3.05, 3.63) is 36.7 Å². The van der Waals surface area contributed by atoms with Gasteiger partial charge in [0, 0.05) is 12.4 Å². The Hall–Kier alpha value is -2.63. The van der Waals surface area contributed by atoms with Gasteiger partial charge in [0.2, 0.25) is 0 Å². The molecule has 0 bridgehead atoms. The van der Waals surface area contributed by atoms with E-state index in [1.807, 2.05) is 0 Å². The monoisotopic (exact) mass is 258 g/mol. The van der Waals surface area contributed by atoms with Crippen LogP contribution in [-0.2, 0) is 0 Å². The number of nitrogens with zero attached hydrogens (tertiary/aromatic N) is 3. The molecular formula is C13H14N4O2. The smallest absolute Gasteiger partial charge is 0.154 e. The topological polar surface area (TPSA) is 82.1 Å². The van der Waals surface area contributed by atoms with E-state index in [9.17, 15) is 0 Å². The highest BCUT2D eigenvalue weighted by Crippen LogP contribution is 2.40. The molecule has 2 N–H and O–H groups in total. The van der Waals surface area contributed by atoms with Gasteiger partial charge in [0.15, 0.2) is 5.69 Å². The first-order valence-corrected chi connectivity index (χ1v) is 5.58. The summed E-state index contributed by atoms with van der Waals surface area (Å²) in [5.41, 5.74) is 7.47. The van der Waals surface area contributed by atoms with Crippen LogP contribution in [0.15, 0.2) is 46.9 Å². The second-order valence-electron chi connectivity index (χ2n) is 3.64. The molecule has 0 atom stereocenters. The van der Waals surface area contributed by atoms with Crippen molar-refractivity contribution in [1.82, 2.24) is 4.98 Å². The average Bonchev–Trinajstić information content (AvgIpc) is 2.46. The largest absolute Gasteiger partial charge is 0.495 e. The highest BCUT2D eigenvalue weighted by molar-refractivity contribution is 5.76. The lowest BCUT2D eigenvalue weighted by Gasteiger charge is -2.10. The normalized spacial score (nSPS) is 10.6. The van der Waals surface area contributed by atoms with Gasteiger partial charge < -0.3 is 15.2 Å². The third-order valence-electron chi connectivity index (χ3n) is 2.51. The molecular weight excluding hydrogens is 244 g/mol. The number of aromatic nitrogens is 1. The zero-order chi connectivity index (χ0) is 13.7. The van der Waals surface area contributed by atoms with Crippen LogP contribution in [0.1, 0.15) is 0 Å². The van der Waals surface area contributed by atoms with Crippen LogP contribution in [0.4, 0.5) is 17.1 Å². The summed E-state index contributed by atoms with van der Waals surface area (Å²) in [5.74, 6) is 1.07. The van der Waals surface area contributed by atoms with E-state index in [4.69, 9.17) is 15.2 Å². The van der Waals surface area contributed by atoms with Crippen LogP contribution in [0.5, 0.6) is 11.5 Å². The van der Waals surface area contributed by atoms with Gasteiger partial charge in [0.25, 0.3) is 0 Å². The summed E-state index contributed by atoms with van der Waals surface area (Å²) in [5, 5.41) is 8.21. The van der Waals surface area contributed by atoms with Gasteiger partial charge in [0.1, 0.15) is 17.2 Å². The van der Waals surface area contributed by atoms with Gasteiger partial charge in [-0.15, -0.1) is 5.11 Å². The first kappa shape index (κ1) is 12.8. The highest BCUT2D eigenvalue weighted by Gasteiger charge is 2.11. The van der Waals surface area contributed by atoms with Crippen LogP contribution in [0.2, 0.25) is 0 Å². The van der Waals surface area contributed by atoms with Crippen molar-refractivity contribution in [2.45, 2.75) is 0 Å². The molecule has 0 amide bonds. The van der Waals surface area contributed by atoms with Crippen molar-refractivity contribution >= 4 is 17.1 Å². The fourth-order valence-corrected chi connectivity index (χ4v) is 1.53. The van der Waals surface area contributed by atoms with Gasteiger partial charge in [-0.2, -0.15) is 5.11 Å². The van der Waals surface area contributed by atoms with Crippen LogP contribution in [0, 0.1) is 0 Å². The lowest BCUT2D eigenvalue weighted by molar-refractivity contribution is 0.406. The number of methoxy groups -OCH3 is 2. The Kier molecular flexibility index (Phi) is 3.92. The van der Waals surface area contributed by atoms with Crippen molar-refractivity contribution in [2.75, 3.05) is 20.0 Å². The van der Waals surface area contributed by atoms with Gasteiger partial charge >= 0.3 is 0 Å². The van der Waals surface area contributed by atoms with Gasteiger partial charge in [0.05, 0.1) is 19.9 Å². The molecule has 2 rings (SSSR count). The first-order valence-electron chi connectivity index (χ1n) is 5.58. The summed E-state index contributed by atoms with van der Waals surface area (Å²) >= 11 is 0. The third kappa shape index (κ3) is 2.79. The van der Waals surface area contributed by atoms with Crippen molar-refractivity contribution in [3.63, 3.8) is 0 Å². The number of anilines is 1. The first-order chi connectivity index (χ1) is 9.26. The minimum atomic E-state index is 0.389. The lowest BCUT2D eigenvalue weighted by Crippen LogP contribution is -1.94. The molecule has 0 aliphatic carbocycles. The minimum absolute atomic E-state index is 0.389. The maximum Gasteiger partial charge on any atom is 0.154 e. The molecule has 98 valence electrons. The molecule has 0 saturated heterocycles. The average molecular weight is 258 g/mol. The van der Waals surface area contributed by atoms with Gasteiger partial charge in [-0.3, -0.25) is 4.98 Å². The molecule has 1 aromatic heterocycles. The van der Waals surface area contributed by atoms with E-state index in [1.54, 1.807) is 50.9 Å².